The molecule has 1 unspecified atom stereocenters. The average Bonchev–Trinajstić information content (AvgIpc) is 2.80. The Bertz CT molecular complexity index is 1170. The Morgan fingerprint density at radius 2 is 1.94 bits per heavy atom. The van der Waals surface area contributed by atoms with Crippen molar-refractivity contribution in [3.8, 4) is 11.5 Å². The molecule has 2 N–H and O–H groups in total. The molecule has 0 saturated heterocycles. The molecule has 0 spiro atoms. The highest BCUT2D eigenvalue weighted by Crippen LogP contribution is 2.46. The fourth-order valence-electron chi connectivity index (χ4n) is 5.04. The van der Waals surface area contributed by atoms with Crippen molar-refractivity contribution >= 4 is 22.4 Å². The molecule has 1 fully saturated rings. The van der Waals surface area contributed by atoms with Gasteiger partial charge in [0.2, 0.25) is 0 Å². The van der Waals surface area contributed by atoms with E-state index in [1.165, 1.54) is 5.56 Å². The number of hydrogen-bond donors (Lipinski definition) is 1. The first-order valence-electron chi connectivity index (χ1n) is 11.2. The van der Waals surface area contributed by atoms with Crippen molar-refractivity contribution in [1.82, 2.24) is 4.98 Å². The Hall–Kier alpha value is -2.50. The van der Waals surface area contributed by atoms with Gasteiger partial charge in [-0.2, -0.15) is 0 Å². The topological polar surface area (TPSA) is 75.1 Å². The highest BCUT2D eigenvalue weighted by molar-refractivity contribution is 6.32. The van der Waals surface area contributed by atoms with Gasteiger partial charge in [-0.25, -0.2) is 0 Å². The second-order valence-electron chi connectivity index (χ2n) is 8.80. The minimum atomic E-state index is -0.212. The van der Waals surface area contributed by atoms with Gasteiger partial charge in [0.1, 0.15) is 11.5 Å². The van der Waals surface area contributed by atoms with E-state index < -0.39 is 0 Å². The van der Waals surface area contributed by atoms with Gasteiger partial charge in [0.15, 0.2) is 0 Å². The van der Waals surface area contributed by atoms with Gasteiger partial charge in [0.25, 0.3) is 5.56 Å². The summed E-state index contributed by atoms with van der Waals surface area (Å²) in [5, 5.41) is 1.81. The number of methoxy groups -OCH3 is 1. The minimum Gasteiger partial charge on any atom is -0.674 e. The highest BCUT2D eigenvalue weighted by atomic mass is 35.5. The van der Waals surface area contributed by atoms with Crippen LogP contribution in [0.2, 0.25) is 5.02 Å². The van der Waals surface area contributed by atoms with Crippen molar-refractivity contribution in [1.29, 1.82) is 0 Å². The molecule has 1 saturated carbocycles. The van der Waals surface area contributed by atoms with E-state index in [1.54, 1.807) is 19.4 Å². The van der Waals surface area contributed by atoms with Crippen molar-refractivity contribution < 1.29 is 9.47 Å². The number of halogens is 1. The number of pyridine rings is 1. The summed E-state index contributed by atoms with van der Waals surface area (Å²) >= 11 is 6.45. The van der Waals surface area contributed by atoms with Gasteiger partial charge in [-0.3, -0.25) is 4.79 Å². The number of nitrogens with one attached hydrogen (secondary N) is 2. The molecule has 1 aliphatic rings. The molecule has 32 heavy (non-hydrogen) atoms. The molecule has 0 radical (unpaired) electrons. The molecule has 1 heterocycles. The Balaban J connectivity index is 1.57. The van der Waals surface area contributed by atoms with Gasteiger partial charge in [-0.15, -0.1) is 6.04 Å². The molecule has 170 valence electrons. The summed E-state index contributed by atoms with van der Waals surface area (Å²) in [6.07, 6.45) is 5.88. The molecule has 3 aromatic rings. The first kappa shape index (κ1) is 22.7. The van der Waals surface area contributed by atoms with E-state index in [0.717, 1.165) is 48.8 Å². The van der Waals surface area contributed by atoms with Gasteiger partial charge in [0.05, 0.1) is 18.2 Å². The van der Waals surface area contributed by atoms with Crippen LogP contribution in [0.1, 0.15) is 50.2 Å². The number of rotatable bonds is 6. The fourth-order valence-corrected chi connectivity index (χ4v) is 5.25. The zero-order chi connectivity index (χ0) is 22.9. The van der Waals surface area contributed by atoms with Crippen LogP contribution in [0, 0.1) is 6.92 Å². The van der Waals surface area contributed by atoms with Gasteiger partial charge in [-0.05, 0) is 78.8 Å². The van der Waals surface area contributed by atoms with Crippen LogP contribution in [0.15, 0.2) is 47.4 Å². The molecule has 0 aliphatic heterocycles. The van der Waals surface area contributed by atoms with Gasteiger partial charge in [-0.1, -0.05) is 37.1 Å². The summed E-state index contributed by atoms with van der Waals surface area (Å²) in [6, 6.07) is 11.6. The molecule has 0 bridgehead atoms. The lowest BCUT2D eigenvalue weighted by Crippen LogP contribution is -2.43. The molecule has 4 rings (SSSR count). The van der Waals surface area contributed by atoms with E-state index in [2.05, 4.69) is 30.1 Å². The third-order valence-corrected chi connectivity index (χ3v) is 7.30. The third kappa shape index (κ3) is 4.12. The summed E-state index contributed by atoms with van der Waals surface area (Å²) in [7, 11) is 1.70. The van der Waals surface area contributed by atoms with Crippen molar-refractivity contribution in [3.05, 3.63) is 74.8 Å². The number of hydrogen-bond acceptors (Lipinski definition) is 3. The normalized spacial score (nSPS) is 22.0. The van der Waals surface area contributed by atoms with Crippen molar-refractivity contribution in [3.63, 3.8) is 0 Å². The smallest absolute Gasteiger partial charge is 0.255 e. The lowest BCUT2D eigenvalue weighted by atomic mass is 9.63. The van der Waals surface area contributed by atoms with Crippen molar-refractivity contribution in [2.75, 3.05) is 7.11 Å². The Morgan fingerprint density at radius 3 is 2.62 bits per heavy atom. The van der Waals surface area contributed by atoms with Gasteiger partial charge < -0.3 is 20.2 Å². The van der Waals surface area contributed by atoms with Crippen LogP contribution >= 0.6 is 11.6 Å². The average molecular weight is 454 g/mol. The maximum absolute atomic E-state index is 12.0. The second-order valence-corrected chi connectivity index (χ2v) is 9.20. The standard InChI is InChI=1S/C26H30ClN2O3/c1-4-24(28)26(18-6-5-16(2)22(14-18)31-3)10-7-19(8-11-26)32-23-13-17-9-12-29-25(30)20(17)15-21(23)27/h5-6,9,12-15,19,24,28H,4,7-8,10-11H2,1-3H3,(H,29,30)/q-1. The monoisotopic (exact) mass is 453 g/mol. The lowest BCUT2D eigenvalue weighted by Gasteiger charge is -2.49. The summed E-state index contributed by atoms with van der Waals surface area (Å²) in [6.45, 7) is 4.13. The number of H-pyrrole nitrogens is 1. The number of aromatic amines is 1. The van der Waals surface area contributed by atoms with E-state index in [0.29, 0.717) is 16.2 Å². The zero-order valence-electron chi connectivity index (χ0n) is 18.8. The van der Waals surface area contributed by atoms with Crippen molar-refractivity contribution in [2.45, 2.75) is 63.5 Å². The predicted molar refractivity (Wildman–Crippen MR) is 130 cm³/mol. The van der Waals surface area contributed by atoms with E-state index in [1.807, 2.05) is 19.1 Å². The number of benzene rings is 2. The highest BCUT2D eigenvalue weighted by Gasteiger charge is 2.39. The molecular weight excluding hydrogens is 424 g/mol. The largest absolute Gasteiger partial charge is 0.674 e. The van der Waals surface area contributed by atoms with Crippen LogP contribution in [-0.2, 0) is 5.41 Å². The van der Waals surface area contributed by atoms with Gasteiger partial charge in [0, 0.05) is 11.6 Å². The predicted octanol–water partition coefficient (Wildman–Crippen LogP) is 6.59. The number of aryl methyl sites for hydroxylation is 1. The molecule has 1 atom stereocenters. The van der Waals surface area contributed by atoms with E-state index >= 15 is 0 Å². The molecule has 2 aromatic carbocycles. The van der Waals surface area contributed by atoms with Gasteiger partial charge >= 0.3 is 0 Å². The summed E-state index contributed by atoms with van der Waals surface area (Å²) in [4.78, 5) is 14.7. The summed E-state index contributed by atoms with van der Waals surface area (Å²) < 4.78 is 11.9. The van der Waals surface area contributed by atoms with Crippen LogP contribution < -0.4 is 15.0 Å². The van der Waals surface area contributed by atoms with Crippen LogP contribution in [0.4, 0.5) is 0 Å². The Kier molecular flexibility index (Phi) is 6.50. The second kappa shape index (κ2) is 9.16. The maximum Gasteiger partial charge on any atom is 0.255 e. The zero-order valence-corrected chi connectivity index (χ0v) is 19.6. The van der Waals surface area contributed by atoms with E-state index in [9.17, 15) is 4.79 Å². The number of fused-ring (bicyclic) bond motifs is 1. The quantitative estimate of drug-likeness (QED) is 0.457. The van der Waals surface area contributed by atoms with Crippen LogP contribution in [0.5, 0.6) is 11.5 Å². The van der Waals surface area contributed by atoms with Crippen LogP contribution in [0.25, 0.3) is 16.5 Å². The Morgan fingerprint density at radius 1 is 1.19 bits per heavy atom. The first-order valence-corrected chi connectivity index (χ1v) is 11.6. The number of ether oxygens (including phenoxy) is 2. The van der Waals surface area contributed by atoms with Crippen molar-refractivity contribution in [2.24, 2.45) is 0 Å². The molecular formula is C26H30ClN2O3-. The Labute approximate surface area is 193 Å². The molecule has 1 aliphatic carbocycles. The number of aromatic nitrogens is 1. The molecule has 6 heteroatoms. The minimum absolute atomic E-state index is 0.0245. The van der Waals surface area contributed by atoms with Crippen LogP contribution in [0.3, 0.4) is 0 Å². The third-order valence-electron chi connectivity index (χ3n) is 7.00. The van der Waals surface area contributed by atoms with E-state index in [4.69, 9.17) is 26.8 Å². The maximum atomic E-state index is 12.0. The van der Waals surface area contributed by atoms with Crippen LogP contribution in [-0.4, -0.2) is 24.2 Å². The SMILES string of the molecule is CCC([NH-])C1(c2ccc(C)c(OC)c2)CCC(Oc2cc3cc[nH]c(=O)c3cc2Cl)CC1. The lowest BCUT2D eigenvalue weighted by molar-refractivity contribution is 0.109. The molecule has 0 amide bonds. The van der Waals surface area contributed by atoms with E-state index in [-0.39, 0.29) is 23.1 Å². The molecule has 5 nitrogen and oxygen atoms in total. The molecule has 1 aromatic heterocycles. The first-order chi connectivity index (χ1) is 15.4. The summed E-state index contributed by atoms with van der Waals surface area (Å²) in [5.41, 5.74) is 10.8. The summed E-state index contributed by atoms with van der Waals surface area (Å²) in [5.74, 6) is 1.48. The fraction of sp³-hybridized carbons (Fsp3) is 0.423.